The number of hydrogen-bond acceptors (Lipinski definition) is 3. The maximum absolute atomic E-state index is 4.03. The van der Waals surface area contributed by atoms with E-state index in [-0.39, 0.29) is 26.2 Å². The van der Waals surface area contributed by atoms with Crippen molar-refractivity contribution in [2.24, 2.45) is 7.05 Å². The number of hydrogen-bond donors (Lipinski definition) is 1. The zero-order valence-corrected chi connectivity index (χ0v) is 12.3. The molecule has 5 heteroatoms. The fourth-order valence-corrected chi connectivity index (χ4v) is 1.02. The molecular formula is C4H9BiN2S2. The first-order valence-electron chi connectivity index (χ1n) is 2.14. The van der Waals surface area contributed by atoms with Crippen molar-refractivity contribution in [1.29, 1.82) is 0 Å². The molecule has 0 aliphatic heterocycles. The molecule has 0 atom stereocenters. The molecule has 1 aromatic heterocycles. The van der Waals surface area contributed by atoms with E-state index in [9.17, 15) is 0 Å². The number of nitrogens with zero attached hydrogens (tertiary/aromatic N) is 2. The van der Waals surface area contributed by atoms with Gasteiger partial charge in [0.2, 0.25) is 0 Å². The van der Waals surface area contributed by atoms with Gasteiger partial charge in [-0.05, 0) is 16.9 Å². The summed E-state index contributed by atoms with van der Waals surface area (Å²) < 4.78 is 1.75. The van der Waals surface area contributed by atoms with Gasteiger partial charge in [-0.25, -0.2) is 0 Å². The van der Waals surface area contributed by atoms with Crippen molar-refractivity contribution in [3.05, 3.63) is 12.3 Å². The predicted molar refractivity (Wildman–Crippen MR) is 48.0 cm³/mol. The third-order valence-corrected chi connectivity index (χ3v) is 1.75. The molecule has 0 spiro atoms. The van der Waals surface area contributed by atoms with Gasteiger partial charge in [0.1, 0.15) is 5.03 Å². The molecule has 0 aliphatic rings. The average molecular weight is 358 g/mol. The molecule has 0 unspecified atom stereocenters. The monoisotopic (exact) mass is 358 g/mol. The van der Waals surface area contributed by atoms with E-state index in [1.807, 2.05) is 19.3 Å². The van der Waals surface area contributed by atoms with E-state index in [4.69, 9.17) is 0 Å². The zero-order valence-electron chi connectivity index (χ0n) is 5.11. The van der Waals surface area contributed by atoms with Gasteiger partial charge in [-0.2, -0.15) is 5.10 Å². The fraction of sp³-hybridized carbons (Fsp3) is 0.250. The van der Waals surface area contributed by atoms with Gasteiger partial charge in [-0.15, -0.1) is 11.7 Å². The number of aryl methyl sites for hydroxylation is 1. The first kappa shape index (κ1) is 9.79. The Morgan fingerprint density at radius 1 is 1.78 bits per heavy atom. The number of rotatable bonds is 1. The molecule has 2 nitrogen and oxygen atoms in total. The Labute approximate surface area is 82.3 Å². The molecule has 0 saturated carbocycles. The standard InChI is InChI=1S/C4H6N2S2.Bi.3H/c1-6-3-2-4(5-6)8-7;;;;/h2-3,7H,1H3;;;;. The van der Waals surface area contributed by atoms with Crippen LogP contribution < -0.4 is 0 Å². The quantitative estimate of drug-likeness (QED) is 0.438. The van der Waals surface area contributed by atoms with Gasteiger partial charge in [-0.1, -0.05) is 0 Å². The van der Waals surface area contributed by atoms with Crippen LogP contribution >= 0.6 is 22.5 Å². The SMILES string of the molecule is Cn1ccc(SS)n1.[BiH3]. The van der Waals surface area contributed by atoms with Crippen LogP contribution in [0, 0.1) is 0 Å². The maximum atomic E-state index is 4.03. The number of aromatic nitrogens is 2. The van der Waals surface area contributed by atoms with Crippen LogP contribution in [0.3, 0.4) is 0 Å². The van der Waals surface area contributed by atoms with Crippen molar-refractivity contribution < 1.29 is 0 Å². The summed E-state index contributed by atoms with van der Waals surface area (Å²) in [5.41, 5.74) is 0. The molecule has 1 aromatic rings. The molecule has 0 radical (unpaired) electrons. The van der Waals surface area contributed by atoms with Gasteiger partial charge in [-0.3, -0.25) is 4.68 Å². The Hall–Kier alpha value is 0.793. The van der Waals surface area contributed by atoms with Crippen LogP contribution in [0.4, 0.5) is 0 Å². The van der Waals surface area contributed by atoms with Crippen molar-refractivity contribution in [3.63, 3.8) is 0 Å². The summed E-state index contributed by atoms with van der Waals surface area (Å²) in [5, 5.41) is 4.97. The minimum atomic E-state index is 0. The van der Waals surface area contributed by atoms with Crippen molar-refractivity contribution in [2.75, 3.05) is 0 Å². The van der Waals surface area contributed by atoms with Crippen LogP contribution in [-0.4, -0.2) is 36.0 Å². The van der Waals surface area contributed by atoms with Crippen LogP contribution in [0.5, 0.6) is 0 Å². The third-order valence-electron chi connectivity index (χ3n) is 0.783. The summed E-state index contributed by atoms with van der Waals surface area (Å²) >= 11 is 3.96. The van der Waals surface area contributed by atoms with Crippen molar-refractivity contribution in [3.8, 4) is 0 Å². The minimum absolute atomic E-state index is 0. The summed E-state index contributed by atoms with van der Waals surface area (Å²) in [7, 11) is 3.23. The van der Waals surface area contributed by atoms with E-state index in [1.54, 1.807) is 4.68 Å². The summed E-state index contributed by atoms with van der Waals surface area (Å²) in [5.74, 6) is 0. The Bertz CT molecular complexity index is 177. The summed E-state index contributed by atoms with van der Waals surface area (Å²) in [6.45, 7) is 0. The first-order chi connectivity index (χ1) is 3.83. The summed E-state index contributed by atoms with van der Waals surface area (Å²) in [6, 6.07) is 1.91. The van der Waals surface area contributed by atoms with E-state index >= 15 is 0 Å². The van der Waals surface area contributed by atoms with Crippen molar-refractivity contribution in [1.82, 2.24) is 9.78 Å². The molecule has 9 heavy (non-hydrogen) atoms. The molecule has 0 amide bonds. The second-order valence-corrected chi connectivity index (χ2v) is 2.57. The van der Waals surface area contributed by atoms with Gasteiger partial charge < -0.3 is 0 Å². The Morgan fingerprint density at radius 3 is 2.67 bits per heavy atom. The normalized spacial score (nSPS) is 8.67. The molecule has 0 fully saturated rings. The van der Waals surface area contributed by atoms with Gasteiger partial charge in [0.25, 0.3) is 0 Å². The molecule has 0 aromatic carbocycles. The molecule has 0 N–H and O–H groups in total. The van der Waals surface area contributed by atoms with Crippen LogP contribution in [0.1, 0.15) is 0 Å². The Balaban J connectivity index is 0.000000640. The van der Waals surface area contributed by atoms with Crippen LogP contribution in [-0.2, 0) is 7.05 Å². The first-order valence-corrected chi connectivity index (χ1v) is 4.01. The van der Waals surface area contributed by atoms with E-state index in [0.29, 0.717) is 0 Å². The van der Waals surface area contributed by atoms with Gasteiger partial charge in [0.05, 0.1) is 0 Å². The summed E-state index contributed by atoms with van der Waals surface area (Å²) in [4.78, 5) is 0. The van der Waals surface area contributed by atoms with Crippen molar-refractivity contribution in [2.45, 2.75) is 5.03 Å². The second kappa shape index (κ2) is 4.58. The Morgan fingerprint density at radius 2 is 2.44 bits per heavy atom. The van der Waals surface area contributed by atoms with E-state index in [0.717, 1.165) is 5.03 Å². The average Bonchev–Trinajstić information content (AvgIpc) is 2.14. The van der Waals surface area contributed by atoms with Crippen LogP contribution in [0.25, 0.3) is 0 Å². The molecule has 0 saturated heterocycles. The molecule has 52 valence electrons. The third kappa shape index (κ3) is 2.92. The topological polar surface area (TPSA) is 17.8 Å². The zero-order chi connectivity index (χ0) is 5.98. The van der Waals surface area contributed by atoms with Gasteiger partial charge >= 0.3 is 26.2 Å². The van der Waals surface area contributed by atoms with Gasteiger partial charge in [0.15, 0.2) is 0 Å². The fourth-order valence-electron chi connectivity index (χ4n) is 0.442. The molecular weight excluding hydrogens is 349 g/mol. The second-order valence-electron chi connectivity index (χ2n) is 1.42. The predicted octanol–water partition coefficient (Wildman–Crippen LogP) is 0.173. The van der Waals surface area contributed by atoms with Crippen LogP contribution in [0.15, 0.2) is 17.3 Å². The summed E-state index contributed by atoms with van der Waals surface area (Å²) in [6.07, 6.45) is 1.89. The Kier molecular flexibility index (Phi) is 4.99. The number of thiol groups is 1. The molecule has 1 heterocycles. The molecule has 0 aliphatic carbocycles. The van der Waals surface area contributed by atoms with E-state index in [2.05, 4.69) is 16.8 Å². The molecule has 1 rings (SSSR count). The molecule has 0 bridgehead atoms. The van der Waals surface area contributed by atoms with E-state index < -0.39 is 0 Å². The van der Waals surface area contributed by atoms with E-state index in [1.165, 1.54) is 10.8 Å². The van der Waals surface area contributed by atoms with Crippen molar-refractivity contribution >= 4 is 48.7 Å². The van der Waals surface area contributed by atoms with Crippen LogP contribution in [0.2, 0.25) is 0 Å². The van der Waals surface area contributed by atoms with Gasteiger partial charge in [0, 0.05) is 13.2 Å².